The van der Waals surface area contributed by atoms with Crippen molar-refractivity contribution < 1.29 is 4.79 Å². The molecule has 1 unspecified atom stereocenters. The van der Waals surface area contributed by atoms with Crippen LogP contribution in [-0.4, -0.2) is 52.1 Å². The number of amides is 1. The molecule has 2 aromatic rings. The molecular formula is C24H34N4O. The predicted molar refractivity (Wildman–Crippen MR) is 116 cm³/mol. The Morgan fingerprint density at radius 1 is 1.17 bits per heavy atom. The van der Waals surface area contributed by atoms with Crippen molar-refractivity contribution in [3.63, 3.8) is 0 Å². The number of hydrogen-bond donors (Lipinski definition) is 1. The smallest absolute Gasteiger partial charge is 0.222 e. The number of aromatic nitrogens is 2. The van der Waals surface area contributed by atoms with Gasteiger partial charge in [-0.25, -0.2) is 0 Å². The van der Waals surface area contributed by atoms with Crippen molar-refractivity contribution in [2.75, 3.05) is 26.2 Å². The normalized spacial score (nSPS) is 22.5. The molecule has 2 aliphatic rings. The van der Waals surface area contributed by atoms with Crippen molar-refractivity contribution in [2.45, 2.75) is 59.4 Å². The summed E-state index contributed by atoms with van der Waals surface area (Å²) in [6, 6.07) is 8.85. The van der Waals surface area contributed by atoms with E-state index in [9.17, 15) is 4.79 Å². The first-order valence-electron chi connectivity index (χ1n) is 11.0. The Hall–Kier alpha value is -2.14. The van der Waals surface area contributed by atoms with Crippen molar-refractivity contribution in [1.82, 2.24) is 20.0 Å². The highest BCUT2D eigenvalue weighted by Crippen LogP contribution is 2.39. The lowest BCUT2D eigenvalue weighted by atomic mass is 9.79. The van der Waals surface area contributed by atoms with Gasteiger partial charge in [0.1, 0.15) is 0 Å². The summed E-state index contributed by atoms with van der Waals surface area (Å²) >= 11 is 0. The average Bonchev–Trinajstić information content (AvgIpc) is 3.24. The summed E-state index contributed by atoms with van der Waals surface area (Å²) in [5.74, 6) is 0.290. The summed E-state index contributed by atoms with van der Waals surface area (Å²) in [4.78, 5) is 17.6. The molecule has 0 saturated carbocycles. The highest BCUT2D eigenvalue weighted by atomic mass is 16.2. The quantitative estimate of drug-likeness (QED) is 0.840. The highest BCUT2D eigenvalue weighted by molar-refractivity contribution is 5.76. The Bertz CT molecular complexity index is 874. The molecule has 0 aliphatic carbocycles. The number of carbonyl (C=O) groups excluding carboxylic acids is 1. The van der Waals surface area contributed by atoms with E-state index >= 15 is 0 Å². The lowest BCUT2D eigenvalue weighted by Gasteiger charge is -2.40. The second-order valence-electron chi connectivity index (χ2n) is 9.29. The number of benzene rings is 1. The number of nitrogens with one attached hydrogen (secondary N) is 1. The molecule has 2 saturated heterocycles. The maximum Gasteiger partial charge on any atom is 0.222 e. The van der Waals surface area contributed by atoms with Crippen LogP contribution in [0.15, 0.2) is 24.3 Å². The van der Waals surface area contributed by atoms with Gasteiger partial charge in [-0.15, -0.1) is 0 Å². The van der Waals surface area contributed by atoms with Gasteiger partial charge in [-0.05, 0) is 57.7 Å². The van der Waals surface area contributed by atoms with Gasteiger partial charge in [0.15, 0.2) is 0 Å². The largest absolute Gasteiger partial charge is 0.342 e. The van der Waals surface area contributed by atoms with E-state index in [1.54, 1.807) is 0 Å². The molecule has 2 fully saturated rings. The molecule has 1 amide bonds. The number of carbonyl (C=O) groups is 1. The molecule has 1 spiro atoms. The molecule has 0 bridgehead atoms. The zero-order chi connectivity index (χ0) is 20.4. The Labute approximate surface area is 174 Å². The van der Waals surface area contributed by atoms with Crippen LogP contribution in [-0.2, 0) is 17.8 Å². The van der Waals surface area contributed by atoms with Crippen molar-refractivity contribution in [1.29, 1.82) is 0 Å². The monoisotopic (exact) mass is 394 g/mol. The van der Waals surface area contributed by atoms with Gasteiger partial charge in [-0.2, -0.15) is 5.10 Å². The SMILES string of the molecule is Cc1cccc(CN2CCCC3(CCN(C(=O)CCc4n[nH]c(C)c4C)C3)C2)c1. The maximum absolute atomic E-state index is 12.8. The molecule has 156 valence electrons. The number of aryl methyl sites for hydroxylation is 3. The number of aromatic amines is 1. The van der Waals surface area contributed by atoms with Crippen LogP contribution in [0.4, 0.5) is 0 Å². The minimum absolute atomic E-state index is 0.288. The third kappa shape index (κ3) is 4.55. The molecule has 1 N–H and O–H groups in total. The maximum atomic E-state index is 12.8. The summed E-state index contributed by atoms with van der Waals surface area (Å²) in [5.41, 5.74) is 6.34. The van der Waals surface area contributed by atoms with E-state index in [1.165, 1.54) is 36.1 Å². The van der Waals surface area contributed by atoms with Crippen molar-refractivity contribution in [3.8, 4) is 0 Å². The van der Waals surface area contributed by atoms with Gasteiger partial charge in [-0.1, -0.05) is 29.8 Å². The van der Waals surface area contributed by atoms with Crippen LogP contribution in [0.2, 0.25) is 0 Å². The highest BCUT2D eigenvalue weighted by Gasteiger charge is 2.42. The van der Waals surface area contributed by atoms with E-state index in [-0.39, 0.29) is 11.3 Å². The first-order chi connectivity index (χ1) is 13.9. The fraction of sp³-hybridized carbons (Fsp3) is 0.583. The summed E-state index contributed by atoms with van der Waals surface area (Å²) in [6.45, 7) is 11.4. The molecule has 5 nitrogen and oxygen atoms in total. The minimum Gasteiger partial charge on any atom is -0.342 e. The number of hydrogen-bond acceptors (Lipinski definition) is 3. The number of rotatable bonds is 5. The van der Waals surface area contributed by atoms with E-state index in [0.29, 0.717) is 6.42 Å². The average molecular weight is 395 g/mol. The van der Waals surface area contributed by atoms with Gasteiger partial charge in [0.05, 0.1) is 5.69 Å². The molecule has 1 atom stereocenters. The number of H-pyrrole nitrogens is 1. The lowest BCUT2D eigenvalue weighted by Crippen LogP contribution is -2.45. The topological polar surface area (TPSA) is 52.2 Å². The first kappa shape index (κ1) is 20.1. The van der Waals surface area contributed by atoms with Gasteiger partial charge in [0, 0.05) is 50.1 Å². The second-order valence-corrected chi connectivity index (χ2v) is 9.29. The summed E-state index contributed by atoms with van der Waals surface area (Å²) < 4.78 is 0. The number of piperidine rings is 1. The Kier molecular flexibility index (Phi) is 5.77. The van der Waals surface area contributed by atoms with Gasteiger partial charge in [0.2, 0.25) is 5.91 Å². The van der Waals surface area contributed by atoms with Crippen LogP contribution in [0.5, 0.6) is 0 Å². The Morgan fingerprint density at radius 3 is 2.79 bits per heavy atom. The van der Waals surface area contributed by atoms with E-state index in [2.05, 4.69) is 58.1 Å². The second kappa shape index (κ2) is 8.31. The van der Waals surface area contributed by atoms with Gasteiger partial charge < -0.3 is 4.90 Å². The summed E-state index contributed by atoms with van der Waals surface area (Å²) in [6.07, 6.45) is 4.92. The van der Waals surface area contributed by atoms with Crippen molar-refractivity contribution in [3.05, 3.63) is 52.3 Å². The van der Waals surface area contributed by atoms with Gasteiger partial charge in [0.25, 0.3) is 0 Å². The first-order valence-corrected chi connectivity index (χ1v) is 11.0. The summed E-state index contributed by atoms with van der Waals surface area (Å²) in [7, 11) is 0. The molecule has 4 rings (SSSR count). The fourth-order valence-corrected chi connectivity index (χ4v) is 5.16. The number of nitrogens with zero attached hydrogens (tertiary/aromatic N) is 3. The molecule has 0 radical (unpaired) electrons. The van der Waals surface area contributed by atoms with Crippen molar-refractivity contribution in [2.24, 2.45) is 5.41 Å². The van der Waals surface area contributed by atoms with Crippen LogP contribution in [0.25, 0.3) is 0 Å². The molecule has 1 aromatic heterocycles. The molecule has 29 heavy (non-hydrogen) atoms. The molecule has 1 aromatic carbocycles. The standard InChI is InChI=1S/C24H34N4O/c1-18-6-4-7-21(14-18)15-27-12-5-10-24(16-27)11-13-28(17-24)23(29)9-8-22-19(2)20(3)25-26-22/h4,6-7,14H,5,8-13,15-17H2,1-3H3,(H,25,26). The molecular weight excluding hydrogens is 360 g/mol. The predicted octanol–water partition coefficient (Wildman–Crippen LogP) is 3.78. The lowest BCUT2D eigenvalue weighted by molar-refractivity contribution is -0.130. The van der Waals surface area contributed by atoms with Crippen LogP contribution < -0.4 is 0 Å². The zero-order valence-electron chi connectivity index (χ0n) is 18.1. The third-order valence-corrected chi connectivity index (χ3v) is 6.95. The van der Waals surface area contributed by atoms with Crippen molar-refractivity contribution >= 4 is 5.91 Å². The molecule has 5 heteroatoms. The fourth-order valence-electron chi connectivity index (χ4n) is 5.16. The Morgan fingerprint density at radius 2 is 2.03 bits per heavy atom. The van der Waals surface area contributed by atoms with Crippen LogP contribution in [0, 0.1) is 26.2 Å². The van der Waals surface area contributed by atoms with Gasteiger partial charge >= 0.3 is 0 Å². The number of likely N-dealkylation sites (tertiary alicyclic amines) is 2. The van der Waals surface area contributed by atoms with E-state index in [1.807, 2.05) is 6.92 Å². The van der Waals surface area contributed by atoms with E-state index in [4.69, 9.17) is 0 Å². The van der Waals surface area contributed by atoms with Gasteiger partial charge in [-0.3, -0.25) is 14.8 Å². The zero-order valence-corrected chi connectivity index (χ0v) is 18.1. The molecule has 2 aliphatic heterocycles. The Balaban J connectivity index is 1.32. The summed E-state index contributed by atoms with van der Waals surface area (Å²) in [5, 5.41) is 7.38. The molecule has 3 heterocycles. The van der Waals surface area contributed by atoms with Crippen LogP contribution in [0.1, 0.15) is 53.8 Å². The van der Waals surface area contributed by atoms with E-state index in [0.717, 1.165) is 50.4 Å². The minimum atomic E-state index is 0.288. The van der Waals surface area contributed by atoms with E-state index < -0.39 is 0 Å². The van der Waals surface area contributed by atoms with Crippen LogP contribution in [0.3, 0.4) is 0 Å². The van der Waals surface area contributed by atoms with Crippen LogP contribution >= 0.6 is 0 Å². The third-order valence-electron chi connectivity index (χ3n) is 6.95.